The zero-order valence-corrected chi connectivity index (χ0v) is 8.93. The summed E-state index contributed by atoms with van der Waals surface area (Å²) in [6.45, 7) is 2.77. The fourth-order valence-corrected chi connectivity index (χ4v) is 1.70. The Balaban J connectivity index is 2.04. The van der Waals surface area contributed by atoms with Gasteiger partial charge in [-0.05, 0) is 6.92 Å². The van der Waals surface area contributed by atoms with E-state index in [9.17, 15) is 0 Å². The molecule has 2 unspecified atom stereocenters. The van der Waals surface area contributed by atoms with Crippen LogP contribution in [0.2, 0.25) is 0 Å². The summed E-state index contributed by atoms with van der Waals surface area (Å²) in [5, 5.41) is 0. The first-order valence-corrected chi connectivity index (χ1v) is 5.35. The quantitative estimate of drug-likeness (QED) is 0.689. The molecule has 0 spiro atoms. The van der Waals surface area contributed by atoms with E-state index in [4.69, 9.17) is 9.47 Å². The Morgan fingerprint density at radius 3 is 2.80 bits per heavy atom. The van der Waals surface area contributed by atoms with Crippen LogP contribution in [0.4, 0.5) is 0 Å². The lowest BCUT2D eigenvalue weighted by atomic mass is 10.2. The summed E-state index contributed by atoms with van der Waals surface area (Å²) in [4.78, 5) is 0. The number of rotatable bonds is 2. The first kappa shape index (κ1) is 10.4. The summed E-state index contributed by atoms with van der Waals surface area (Å²) in [6.07, 6.45) is 5.03. The molecule has 80 valence electrons. The second-order valence-electron chi connectivity index (χ2n) is 3.60. The van der Waals surface area contributed by atoms with Crippen molar-refractivity contribution in [2.75, 3.05) is 6.61 Å². The van der Waals surface area contributed by atoms with Crippen LogP contribution in [0.25, 0.3) is 0 Å². The third kappa shape index (κ3) is 2.67. The van der Waals surface area contributed by atoms with Gasteiger partial charge < -0.3 is 9.47 Å². The van der Waals surface area contributed by atoms with E-state index >= 15 is 0 Å². The maximum atomic E-state index is 5.80. The highest BCUT2D eigenvalue weighted by Gasteiger charge is 2.21. The van der Waals surface area contributed by atoms with E-state index in [0.29, 0.717) is 0 Å². The van der Waals surface area contributed by atoms with Crippen LogP contribution in [0.1, 0.15) is 25.2 Å². The van der Waals surface area contributed by atoms with Crippen molar-refractivity contribution >= 4 is 0 Å². The highest BCUT2D eigenvalue weighted by atomic mass is 16.7. The van der Waals surface area contributed by atoms with E-state index in [1.54, 1.807) is 0 Å². The number of allylic oxidation sites excluding steroid dienone is 1. The average Bonchev–Trinajstić information content (AvgIpc) is 2.31. The zero-order chi connectivity index (χ0) is 10.5. The van der Waals surface area contributed by atoms with E-state index in [-0.39, 0.29) is 12.4 Å². The number of benzene rings is 1. The molecule has 0 aliphatic carbocycles. The smallest absolute Gasteiger partial charge is 0.184 e. The molecule has 0 N–H and O–H groups in total. The van der Waals surface area contributed by atoms with E-state index in [2.05, 4.69) is 6.08 Å². The normalized spacial score (nSPS) is 27.0. The molecule has 1 aliphatic rings. The molecule has 2 heteroatoms. The molecule has 0 amide bonds. The first-order valence-electron chi connectivity index (χ1n) is 5.35. The molecule has 0 aromatic heterocycles. The zero-order valence-electron chi connectivity index (χ0n) is 8.93. The van der Waals surface area contributed by atoms with Crippen LogP contribution in [0.15, 0.2) is 42.5 Å². The molecular formula is C13H16O2. The lowest BCUT2D eigenvalue weighted by Crippen LogP contribution is -2.25. The molecule has 2 atom stereocenters. The second kappa shape index (κ2) is 5.10. The standard InChI is InChI=1S/C13H16O2/c1-2-6-12-9-10-14-13(15-12)11-7-4-3-5-8-11/h2-8,12-13H,9-10H2,1H3/b6-2+. The Bertz CT molecular complexity index is 319. The van der Waals surface area contributed by atoms with Gasteiger partial charge in [0.25, 0.3) is 0 Å². The molecule has 2 nitrogen and oxygen atoms in total. The lowest BCUT2D eigenvalue weighted by Gasteiger charge is -2.28. The van der Waals surface area contributed by atoms with Crippen LogP contribution in [-0.4, -0.2) is 12.7 Å². The Morgan fingerprint density at radius 1 is 1.27 bits per heavy atom. The van der Waals surface area contributed by atoms with Crippen LogP contribution in [0, 0.1) is 0 Å². The predicted octanol–water partition coefficient (Wildman–Crippen LogP) is 3.07. The van der Waals surface area contributed by atoms with E-state index in [0.717, 1.165) is 18.6 Å². The molecule has 15 heavy (non-hydrogen) atoms. The summed E-state index contributed by atoms with van der Waals surface area (Å²) in [7, 11) is 0. The summed E-state index contributed by atoms with van der Waals surface area (Å²) >= 11 is 0. The van der Waals surface area contributed by atoms with Gasteiger partial charge in [-0.15, -0.1) is 0 Å². The molecule has 0 saturated carbocycles. The first-order chi connectivity index (χ1) is 7.40. The van der Waals surface area contributed by atoms with E-state index in [1.807, 2.05) is 43.3 Å². The van der Waals surface area contributed by atoms with Gasteiger partial charge in [0.2, 0.25) is 0 Å². The van der Waals surface area contributed by atoms with Crippen molar-refractivity contribution < 1.29 is 9.47 Å². The Morgan fingerprint density at radius 2 is 2.07 bits per heavy atom. The molecular weight excluding hydrogens is 188 g/mol. The van der Waals surface area contributed by atoms with E-state index < -0.39 is 0 Å². The number of ether oxygens (including phenoxy) is 2. The summed E-state index contributed by atoms with van der Waals surface area (Å²) in [6, 6.07) is 10.1. The van der Waals surface area contributed by atoms with Gasteiger partial charge in [0.1, 0.15) is 0 Å². The maximum absolute atomic E-state index is 5.80. The van der Waals surface area contributed by atoms with Crippen LogP contribution in [0.3, 0.4) is 0 Å². The lowest BCUT2D eigenvalue weighted by molar-refractivity contribution is -0.204. The Labute approximate surface area is 90.5 Å². The Hall–Kier alpha value is -1.12. The molecule has 1 saturated heterocycles. The van der Waals surface area contributed by atoms with Crippen LogP contribution in [-0.2, 0) is 9.47 Å². The molecule has 1 heterocycles. The molecule has 1 aliphatic heterocycles. The molecule has 0 bridgehead atoms. The van der Waals surface area contributed by atoms with Gasteiger partial charge in [0.05, 0.1) is 12.7 Å². The summed E-state index contributed by atoms with van der Waals surface area (Å²) in [5.41, 5.74) is 1.09. The third-order valence-corrected chi connectivity index (χ3v) is 2.45. The van der Waals surface area contributed by atoms with Crippen molar-refractivity contribution in [3.8, 4) is 0 Å². The van der Waals surface area contributed by atoms with Gasteiger partial charge in [0.15, 0.2) is 6.29 Å². The summed E-state index contributed by atoms with van der Waals surface area (Å²) < 4.78 is 11.4. The SMILES string of the molecule is C/C=C/C1CCOC(c2ccccc2)O1. The van der Waals surface area contributed by atoms with Crippen LogP contribution >= 0.6 is 0 Å². The fraction of sp³-hybridized carbons (Fsp3) is 0.385. The summed E-state index contributed by atoms with van der Waals surface area (Å²) in [5.74, 6) is 0. The second-order valence-corrected chi connectivity index (χ2v) is 3.60. The van der Waals surface area contributed by atoms with Crippen molar-refractivity contribution in [2.24, 2.45) is 0 Å². The highest BCUT2D eigenvalue weighted by Crippen LogP contribution is 2.26. The molecule has 2 rings (SSSR count). The number of hydrogen-bond acceptors (Lipinski definition) is 2. The highest BCUT2D eigenvalue weighted by molar-refractivity contribution is 5.16. The monoisotopic (exact) mass is 204 g/mol. The van der Waals surface area contributed by atoms with Crippen molar-refractivity contribution in [1.82, 2.24) is 0 Å². The molecule has 1 fully saturated rings. The van der Waals surface area contributed by atoms with Gasteiger partial charge in [-0.25, -0.2) is 0 Å². The number of hydrogen-bond donors (Lipinski definition) is 0. The fourth-order valence-electron chi connectivity index (χ4n) is 1.70. The predicted molar refractivity (Wildman–Crippen MR) is 59.4 cm³/mol. The van der Waals surface area contributed by atoms with Gasteiger partial charge in [-0.1, -0.05) is 42.5 Å². The maximum Gasteiger partial charge on any atom is 0.184 e. The van der Waals surface area contributed by atoms with E-state index in [1.165, 1.54) is 0 Å². The minimum absolute atomic E-state index is 0.189. The van der Waals surface area contributed by atoms with Crippen molar-refractivity contribution in [2.45, 2.75) is 25.7 Å². The molecule has 0 radical (unpaired) electrons. The largest absolute Gasteiger partial charge is 0.348 e. The van der Waals surface area contributed by atoms with Crippen molar-refractivity contribution in [3.63, 3.8) is 0 Å². The Kier molecular flexibility index (Phi) is 3.54. The minimum Gasteiger partial charge on any atom is -0.348 e. The molecule has 1 aromatic rings. The average molecular weight is 204 g/mol. The third-order valence-electron chi connectivity index (χ3n) is 2.45. The van der Waals surface area contributed by atoms with Crippen molar-refractivity contribution in [1.29, 1.82) is 0 Å². The molecule has 1 aromatic carbocycles. The van der Waals surface area contributed by atoms with Gasteiger partial charge in [-0.2, -0.15) is 0 Å². The minimum atomic E-state index is -0.207. The van der Waals surface area contributed by atoms with Gasteiger partial charge >= 0.3 is 0 Å². The van der Waals surface area contributed by atoms with Crippen LogP contribution in [0.5, 0.6) is 0 Å². The van der Waals surface area contributed by atoms with Crippen molar-refractivity contribution in [3.05, 3.63) is 48.0 Å². The van der Waals surface area contributed by atoms with Crippen LogP contribution < -0.4 is 0 Å². The van der Waals surface area contributed by atoms with Gasteiger partial charge in [0, 0.05) is 12.0 Å². The van der Waals surface area contributed by atoms with Gasteiger partial charge in [-0.3, -0.25) is 0 Å². The topological polar surface area (TPSA) is 18.5 Å².